The lowest BCUT2D eigenvalue weighted by Gasteiger charge is -2.29. The van der Waals surface area contributed by atoms with Crippen LogP contribution < -0.4 is 5.32 Å². The molecular weight excluding hydrogens is 399 g/mol. The summed E-state index contributed by atoms with van der Waals surface area (Å²) in [6, 6.07) is 12.3. The Morgan fingerprint density at radius 3 is 2.69 bits per heavy atom. The fraction of sp³-hybridized carbons (Fsp3) is 0.333. The number of fused-ring (bicyclic) bond motifs is 1. The van der Waals surface area contributed by atoms with Crippen LogP contribution in [0.25, 0.3) is 10.2 Å². The van der Waals surface area contributed by atoms with E-state index in [0.29, 0.717) is 6.54 Å². The van der Waals surface area contributed by atoms with Crippen LogP contribution in [0.5, 0.6) is 0 Å². The number of thiazole rings is 1. The van der Waals surface area contributed by atoms with Gasteiger partial charge in [0.1, 0.15) is 5.01 Å². The second kappa shape index (κ2) is 7.76. The minimum absolute atomic E-state index is 0.00832. The van der Waals surface area contributed by atoms with Crippen molar-refractivity contribution in [3.8, 4) is 0 Å². The van der Waals surface area contributed by atoms with Crippen LogP contribution in [-0.2, 0) is 11.0 Å². The highest BCUT2D eigenvalue weighted by atomic mass is 32.1. The van der Waals surface area contributed by atoms with Crippen molar-refractivity contribution < 1.29 is 18.0 Å². The quantitative estimate of drug-likeness (QED) is 0.609. The minimum Gasteiger partial charge on any atom is -0.324 e. The summed E-state index contributed by atoms with van der Waals surface area (Å²) in [5, 5.41) is 3.42. The molecule has 3 aromatic rings. The lowest BCUT2D eigenvalue weighted by Crippen LogP contribution is -2.41. The number of carbonyl (C=O) groups excluding carboxylic acids is 1. The molecule has 2 heterocycles. The van der Waals surface area contributed by atoms with Crippen LogP contribution in [0.1, 0.15) is 36.4 Å². The van der Waals surface area contributed by atoms with Gasteiger partial charge in [0.25, 0.3) is 0 Å². The molecule has 1 aliphatic rings. The number of hydrogen-bond acceptors (Lipinski definition) is 4. The Bertz CT molecular complexity index is 1000. The van der Waals surface area contributed by atoms with E-state index < -0.39 is 23.7 Å². The van der Waals surface area contributed by atoms with Gasteiger partial charge in [0.2, 0.25) is 5.91 Å². The number of anilines is 1. The van der Waals surface area contributed by atoms with E-state index in [2.05, 4.69) is 5.32 Å². The van der Waals surface area contributed by atoms with Crippen LogP contribution in [0.3, 0.4) is 0 Å². The monoisotopic (exact) mass is 419 g/mol. The Balaban J connectivity index is 1.54. The predicted molar refractivity (Wildman–Crippen MR) is 108 cm³/mol. The minimum atomic E-state index is -4.52. The number of alkyl halides is 3. The molecule has 1 aromatic heterocycles. The maximum atomic E-state index is 13.2. The molecule has 8 heteroatoms. The first-order valence-electron chi connectivity index (χ1n) is 9.43. The maximum Gasteiger partial charge on any atom is 0.418 e. The van der Waals surface area contributed by atoms with Crippen molar-refractivity contribution in [2.75, 3.05) is 11.9 Å². The molecule has 1 aliphatic heterocycles. The van der Waals surface area contributed by atoms with Gasteiger partial charge >= 0.3 is 6.18 Å². The normalized spacial score (nSPS) is 18.8. The van der Waals surface area contributed by atoms with E-state index in [4.69, 9.17) is 4.98 Å². The average molecular weight is 419 g/mol. The number of hydrogen-bond donors (Lipinski definition) is 1. The largest absolute Gasteiger partial charge is 0.418 e. The van der Waals surface area contributed by atoms with Gasteiger partial charge in [0, 0.05) is 0 Å². The summed E-state index contributed by atoms with van der Waals surface area (Å²) in [7, 11) is 0. The zero-order valence-electron chi connectivity index (χ0n) is 15.7. The molecule has 1 saturated heterocycles. The zero-order chi connectivity index (χ0) is 20.6. The Kier molecular flexibility index (Phi) is 5.31. The third-order valence-electron chi connectivity index (χ3n) is 5.26. The van der Waals surface area contributed by atoms with Crippen molar-refractivity contribution in [1.29, 1.82) is 0 Å². The maximum absolute atomic E-state index is 13.2. The first-order chi connectivity index (χ1) is 13.8. The Morgan fingerprint density at radius 2 is 1.93 bits per heavy atom. The van der Waals surface area contributed by atoms with Gasteiger partial charge in [-0.1, -0.05) is 24.3 Å². The molecule has 0 saturated carbocycles. The summed E-state index contributed by atoms with van der Waals surface area (Å²) >= 11 is 1.60. The van der Waals surface area contributed by atoms with Crippen LogP contribution in [0.15, 0.2) is 48.5 Å². The van der Waals surface area contributed by atoms with Gasteiger partial charge in [-0.25, -0.2) is 4.98 Å². The third kappa shape index (κ3) is 4.00. The Labute approximate surface area is 170 Å². The second-order valence-corrected chi connectivity index (χ2v) is 8.19. The number of likely N-dealkylation sites (tertiary alicyclic amines) is 1. The van der Waals surface area contributed by atoms with Crippen molar-refractivity contribution >= 4 is 33.1 Å². The van der Waals surface area contributed by atoms with Crippen molar-refractivity contribution in [1.82, 2.24) is 9.88 Å². The molecule has 0 aliphatic carbocycles. The highest BCUT2D eigenvalue weighted by Crippen LogP contribution is 2.38. The van der Waals surface area contributed by atoms with Gasteiger partial charge in [-0.3, -0.25) is 9.69 Å². The van der Waals surface area contributed by atoms with Crippen LogP contribution in [-0.4, -0.2) is 28.4 Å². The van der Waals surface area contributed by atoms with Crippen LogP contribution in [0, 0.1) is 0 Å². The topological polar surface area (TPSA) is 45.2 Å². The highest BCUT2D eigenvalue weighted by molar-refractivity contribution is 7.18. The number of amides is 1. The van der Waals surface area contributed by atoms with E-state index >= 15 is 0 Å². The number of benzene rings is 2. The van der Waals surface area contributed by atoms with Gasteiger partial charge in [-0.05, 0) is 50.6 Å². The number of halogens is 3. The molecular formula is C21H20F3N3OS. The van der Waals surface area contributed by atoms with Crippen LogP contribution in [0.4, 0.5) is 18.9 Å². The second-order valence-electron chi connectivity index (χ2n) is 7.12. The van der Waals surface area contributed by atoms with E-state index in [1.807, 2.05) is 29.2 Å². The van der Waals surface area contributed by atoms with Gasteiger partial charge in [0.15, 0.2) is 0 Å². The van der Waals surface area contributed by atoms with Crippen molar-refractivity contribution in [2.45, 2.75) is 38.0 Å². The fourth-order valence-corrected chi connectivity index (χ4v) is 4.90. The van der Waals surface area contributed by atoms with E-state index in [1.165, 1.54) is 18.2 Å². The van der Waals surface area contributed by atoms with E-state index in [9.17, 15) is 18.0 Å². The first-order valence-corrected chi connectivity index (χ1v) is 10.2. The molecule has 0 bridgehead atoms. The van der Waals surface area contributed by atoms with Crippen molar-refractivity contribution in [3.05, 3.63) is 59.1 Å². The lowest BCUT2D eigenvalue weighted by atomic mass is 10.1. The van der Waals surface area contributed by atoms with Gasteiger partial charge < -0.3 is 5.32 Å². The summed E-state index contributed by atoms with van der Waals surface area (Å²) in [6.07, 6.45) is -2.74. The number of nitrogens with zero attached hydrogens (tertiary/aromatic N) is 2. The molecule has 29 heavy (non-hydrogen) atoms. The van der Waals surface area contributed by atoms with Crippen molar-refractivity contribution in [3.63, 3.8) is 0 Å². The van der Waals surface area contributed by atoms with Crippen molar-refractivity contribution in [2.24, 2.45) is 0 Å². The summed E-state index contributed by atoms with van der Waals surface area (Å²) in [5.74, 6) is -0.449. The summed E-state index contributed by atoms with van der Waals surface area (Å²) in [5.41, 5.74) is -0.132. The molecule has 0 spiro atoms. The standard InChI is InChI=1S/C21H20F3N3OS/c1-13(19(28)25-15-8-3-2-7-14(15)21(22,23)24)27-12-6-10-17(27)20-26-16-9-4-5-11-18(16)29-20/h2-5,7-9,11,13,17H,6,10,12H2,1H3,(H,25,28). The summed E-state index contributed by atoms with van der Waals surface area (Å²) in [4.78, 5) is 19.5. The third-order valence-corrected chi connectivity index (χ3v) is 6.39. The molecule has 152 valence electrons. The molecule has 1 N–H and O–H groups in total. The zero-order valence-corrected chi connectivity index (χ0v) is 16.6. The summed E-state index contributed by atoms with van der Waals surface area (Å²) < 4.78 is 40.7. The van der Waals surface area contributed by atoms with Crippen LogP contribution in [0.2, 0.25) is 0 Å². The van der Waals surface area contributed by atoms with E-state index in [0.717, 1.165) is 34.1 Å². The fourth-order valence-electron chi connectivity index (χ4n) is 3.78. The smallest absolute Gasteiger partial charge is 0.324 e. The predicted octanol–water partition coefficient (Wildman–Crippen LogP) is 5.48. The molecule has 4 rings (SSSR count). The molecule has 4 nitrogen and oxygen atoms in total. The number of rotatable bonds is 4. The SMILES string of the molecule is CC(C(=O)Nc1ccccc1C(F)(F)F)N1CCCC1c1nc2ccccc2s1. The van der Waals surface area contributed by atoms with E-state index in [1.54, 1.807) is 18.3 Å². The molecule has 1 amide bonds. The molecule has 2 atom stereocenters. The van der Waals surface area contributed by atoms with Crippen LogP contribution >= 0.6 is 11.3 Å². The van der Waals surface area contributed by atoms with Gasteiger partial charge in [0.05, 0.1) is 33.6 Å². The number of carbonyl (C=O) groups is 1. The molecule has 2 unspecified atom stereocenters. The molecule has 1 fully saturated rings. The first kappa shape index (κ1) is 19.8. The number of aromatic nitrogens is 1. The highest BCUT2D eigenvalue weighted by Gasteiger charge is 2.37. The molecule has 0 radical (unpaired) electrons. The lowest BCUT2D eigenvalue weighted by molar-refractivity contribution is -0.137. The van der Waals surface area contributed by atoms with Gasteiger partial charge in [-0.15, -0.1) is 11.3 Å². The van der Waals surface area contributed by atoms with E-state index in [-0.39, 0.29) is 11.7 Å². The Hall–Kier alpha value is -2.45. The number of para-hydroxylation sites is 2. The van der Waals surface area contributed by atoms with Gasteiger partial charge in [-0.2, -0.15) is 13.2 Å². The molecule has 2 aromatic carbocycles. The number of nitrogens with one attached hydrogen (secondary N) is 1. The Morgan fingerprint density at radius 1 is 1.21 bits per heavy atom. The summed E-state index contributed by atoms with van der Waals surface area (Å²) in [6.45, 7) is 2.44. The average Bonchev–Trinajstić information content (AvgIpc) is 3.33.